The summed E-state index contributed by atoms with van der Waals surface area (Å²) in [5.41, 5.74) is 0.736. The van der Waals surface area contributed by atoms with Crippen molar-refractivity contribution in [2.45, 2.75) is 32.6 Å². The van der Waals surface area contributed by atoms with Crippen LogP contribution in [0.25, 0.3) is 0 Å². The number of alkyl carbamates (subject to hydrolysis) is 1. The lowest BCUT2D eigenvalue weighted by atomic mass is 10.0. The SMILES string of the molecule is CCOC(=O)NC(C(=O)N1CCN(S(=O)(=O)Cc2ccccc2)CC1)C(C)C. The smallest absolute Gasteiger partial charge is 0.407 e. The number of hydrogen-bond donors (Lipinski definition) is 1. The number of carbonyl (C=O) groups is 2. The first kappa shape index (κ1) is 22.2. The van der Waals surface area contributed by atoms with Gasteiger partial charge in [-0.05, 0) is 18.4 Å². The molecule has 1 fully saturated rings. The first-order valence-corrected chi connectivity index (χ1v) is 11.1. The van der Waals surface area contributed by atoms with Gasteiger partial charge in [-0.2, -0.15) is 4.31 Å². The number of nitrogens with one attached hydrogen (secondary N) is 1. The van der Waals surface area contributed by atoms with Gasteiger partial charge in [-0.15, -0.1) is 0 Å². The Hall–Kier alpha value is -2.13. The second kappa shape index (κ2) is 9.88. The van der Waals surface area contributed by atoms with Gasteiger partial charge in [0.1, 0.15) is 6.04 Å². The van der Waals surface area contributed by atoms with Gasteiger partial charge in [0.15, 0.2) is 0 Å². The van der Waals surface area contributed by atoms with Gasteiger partial charge in [-0.3, -0.25) is 4.79 Å². The van der Waals surface area contributed by atoms with Gasteiger partial charge in [-0.25, -0.2) is 13.2 Å². The summed E-state index contributed by atoms with van der Waals surface area (Å²) >= 11 is 0. The molecule has 1 saturated heterocycles. The summed E-state index contributed by atoms with van der Waals surface area (Å²) in [4.78, 5) is 26.1. The van der Waals surface area contributed by atoms with Crippen LogP contribution < -0.4 is 5.32 Å². The Labute approximate surface area is 166 Å². The number of ether oxygens (including phenoxy) is 1. The van der Waals surface area contributed by atoms with E-state index in [1.807, 2.05) is 32.0 Å². The van der Waals surface area contributed by atoms with E-state index in [1.54, 1.807) is 24.0 Å². The second-order valence-corrected chi connectivity index (χ2v) is 9.02. The van der Waals surface area contributed by atoms with E-state index in [0.717, 1.165) is 5.56 Å². The van der Waals surface area contributed by atoms with E-state index >= 15 is 0 Å². The van der Waals surface area contributed by atoms with Crippen LogP contribution in [0, 0.1) is 5.92 Å². The van der Waals surface area contributed by atoms with Gasteiger partial charge in [0.2, 0.25) is 15.9 Å². The Balaban J connectivity index is 1.95. The highest BCUT2D eigenvalue weighted by molar-refractivity contribution is 7.88. The zero-order valence-corrected chi connectivity index (χ0v) is 17.4. The molecular formula is C19H29N3O5S. The summed E-state index contributed by atoms with van der Waals surface area (Å²) in [6.07, 6.45) is -0.626. The fourth-order valence-electron chi connectivity index (χ4n) is 3.07. The van der Waals surface area contributed by atoms with Gasteiger partial charge in [-0.1, -0.05) is 44.2 Å². The van der Waals surface area contributed by atoms with Crippen molar-refractivity contribution in [2.24, 2.45) is 5.92 Å². The molecule has 1 aliphatic rings. The number of rotatable bonds is 7. The van der Waals surface area contributed by atoms with Crippen LogP contribution >= 0.6 is 0 Å². The Bertz CT molecular complexity index is 759. The van der Waals surface area contributed by atoms with E-state index in [9.17, 15) is 18.0 Å². The second-order valence-electron chi connectivity index (χ2n) is 7.05. The van der Waals surface area contributed by atoms with Crippen LogP contribution in [0.4, 0.5) is 4.79 Å². The van der Waals surface area contributed by atoms with Crippen molar-refractivity contribution >= 4 is 22.0 Å². The van der Waals surface area contributed by atoms with Gasteiger partial charge in [0, 0.05) is 26.2 Å². The molecule has 1 atom stereocenters. The third-order valence-corrected chi connectivity index (χ3v) is 6.47. The number of benzene rings is 1. The number of piperazine rings is 1. The van der Waals surface area contributed by atoms with Crippen molar-refractivity contribution < 1.29 is 22.7 Å². The topological polar surface area (TPSA) is 96.0 Å². The highest BCUT2D eigenvalue weighted by atomic mass is 32.2. The predicted octanol–water partition coefficient (Wildman–Crippen LogP) is 1.43. The third kappa shape index (κ3) is 5.93. The van der Waals surface area contributed by atoms with E-state index in [-0.39, 0.29) is 37.3 Å². The van der Waals surface area contributed by atoms with E-state index < -0.39 is 22.2 Å². The summed E-state index contributed by atoms with van der Waals surface area (Å²) in [5.74, 6) is -0.388. The van der Waals surface area contributed by atoms with Crippen molar-refractivity contribution in [1.29, 1.82) is 0 Å². The van der Waals surface area contributed by atoms with Crippen LogP contribution in [-0.4, -0.2) is 68.5 Å². The van der Waals surface area contributed by atoms with Gasteiger partial charge < -0.3 is 15.0 Å². The molecule has 2 rings (SSSR count). The third-order valence-electron chi connectivity index (χ3n) is 4.62. The van der Waals surface area contributed by atoms with Crippen molar-refractivity contribution in [1.82, 2.24) is 14.5 Å². The molecule has 2 amide bonds. The lowest BCUT2D eigenvalue weighted by Gasteiger charge is -2.36. The molecule has 0 spiro atoms. The lowest BCUT2D eigenvalue weighted by molar-refractivity contribution is -0.135. The number of sulfonamides is 1. The van der Waals surface area contributed by atoms with Crippen LogP contribution in [-0.2, 0) is 25.3 Å². The van der Waals surface area contributed by atoms with Crippen LogP contribution in [0.1, 0.15) is 26.3 Å². The first-order chi connectivity index (χ1) is 13.2. The zero-order chi connectivity index (χ0) is 20.7. The average molecular weight is 412 g/mol. The fourth-order valence-corrected chi connectivity index (χ4v) is 4.59. The van der Waals surface area contributed by atoms with E-state index in [1.165, 1.54) is 4.31 Å². The monoisotopic (exact) mass is 411 g/mol. The Morgan fingerprint density at radius 3 is 2.25 bits per heavy atom. The quantitative estimate of drug-likeness (QED) is 0.732. The molecule has 0 aromatic heterocycles. The van der Waals surface area contributed by atoms with Crippen molar-refractivity contribution in [2.75, 3.05) is 32.8 Å². The van der Waals surface area contributed by atoms with Crippen molar-refractivity contribution in [3.05, 3.63) is 35.9 Å². The molecule has 1 N–H and O–H groups in total. The van der Waals surface area contributed by atoms with Crippen LogP contribution in [0.2, 0.25) is 0 Å². The summed E-state index contributed by atoms with van der Waals surface area (Å²) in [7, 11) is -3.44. The fraction of sp³-hybridized carbons (Fsp3) is 0.579. The molecule has 28 heavy (non-hydrogen) atoms. The van der Waals surface area contributed by atoms with Gasteiger partial charge in [0.05, 0.1) is 12.4 Å². The molecule has 1 aromatic rings. The summed E-state index contributed by atoms with van der Waals surface area (Å²) < 4.78 is 31.6. The van der Waals surface area contributed by atoms with Crippen molar-refractivity contribution in [3.63, 3.8) is 0 Å². The minimum absolute atomic E-state index is 0.0547. The van der Waals surface area contributed by atoms with Crippen LogP contribution in [0.15, 0.2) is 30.3 Å². The number of carbonyl (C=O) groups excluding carboxylic acids is 2. The minimum Gasteiger partial charge on any atom is -0.450 e. The van der Waals surface area contributed by atoms with Gasteiger partial charge >= 0.3 is 6.09 Å². The summed E-state index contributed by atoms with van der Waals surface area (Å²) in [6, 6.07) is 8.33. The molecule has 0 aliphatic carbocycles. The van der Waals surface area contributed by atoms with E-state index in [2.05, 4.69) is 5.32 Å². The molecule has 9 heteroatoms. The number of hydrogen-bond acceptors (Lipinski definition) is 5. The van der Waals surface area contributed by atoms with Crippen LogP contribution in [0.3, 0.4) is 0 Å². The molecule has 1 aromatic carbocycles. The number of nitrogens with zero attached hydrogens (tertiary/aromatic N) is 2. The molecular weight excluding hydrogens is 382 g/mol. The molecule has 0 radical (unpaired) electrons. The maximum atomic E-state index is 12.8. The predicted molar refractivity (Wildman–Crippen MR) is 106 cm³/mol. The molecule has 0 bridgehead atoms. The highest BCUT2D eigenvalue weighted by Gasteiger charge is 2.33. The average Bonchev–Trinajstić information content (AvgIpc) is 2.66. The number of amides is 2. The Kier molecular flexibility index (Phi) is 7.82. The summed E-state index contributed by atoms with van der Waals surface area (Å²) in [6.45, 7) is 6.67. The largest absolute Gasteiger partial charge is 0.450 e. The Morgan fingerprint density at radius 2 is 1.71 bits per heavy atom. The molecule has 1 heterocycles. The van der Waals surface area contributed by atoms with Crippen LogP contribution in [0.5, 0.6) is 0 Å². The molecule has 0 saturated carbocycles. The molecule has 8 nitrogen and oxygen atoms in total. The van der Waals surface area contributed by atoms with E-state index in [0.29, 0.717) is 13.1 Å². The standard InChI is InChI=1S/C19H29N3O5S/c1-4-27-19(24)20-17(15(2)3)18(23)21-10-12-22(13-11-21)28(25,26)14-16-8-6-5-7-9-16/h5-9,15,17H,4,10-14H2,1-3H3,(H,20,24). The summed E-state index contributed by atoms with van der Waals surface area (Å²) in [5, 5.41) is 2.60. The maximum Gasteiger partial charge on any atom is 0.407 e. The molecule has 1 aliphatic heterocycles. The first-order valence-electron chi connectivity index (χ1n) is 9.48. The Morgan fingerprint density at radius 1 is 1.11 bits per heavy atom. The van der Waals surface area contributed by atoms with Crippen molar-refractivity contribution in [3.8, 4) is 0 Å². The lowest BCUT2D eigenvalue weighted by Crippen LogP contribution is -2.57. The normalized spacial score (nSPS) is 16.6. The highest BCUT2D eigenvalue weighted by Crippen LogP contribution is 2.15. The van der Waals surface area contributed by atoms with E-state index in [4.69, 9.17) is 4.74 Å². The molecule has 156 valence electrons. The van der Waals surface area contributed by atoms with Gasteiger partial charge in [0.25, 0.3) is 0 Å². The minimum atomic E-state index is -3.44. The maximum absolute atomic E-state index is 12.8. The molecule has 1 unspecified atom stereocenters. The zero-order valence-electron chi connectivity index (χ0n) is 16.6.